The zero-order valence-electron chi connectivity index (χ0n) is 17.2. The van der Waals surface area contributed by atoms with Crippen LogP contribution in [-0.2, 0) is 0 Å². The Hall–Kier alpha value is -3.39. The first-order valence-electron chi connectivity index (χ1n) is 10.3. The Morgan fingerprint density at radius 2 is 2.13 bits per heavy atom. The normalized spacial score (nSPS) is 16.4. The second-order valence-corrected chi connectivity index (χ2v) is 8.72. The third-order valence-electron chi connectivity index (χ3n) is 5.63. The summed E-state index contributed by atoms with van der Waals surface area (Å²) >= 11 is 1.67. The molecule has 8 heteroatoms. The molecule has 0 bridgehead atoms. The molecular formula is C23H22N6OS. The third kappa shape index (κ3) is 3.98. The smallest absolute Gasteiger partial charge is 0.254 e. The van der Waals surface area contributed by atoms with E-state index in [0.29, 0.717) is 5.56 Å². The van der Waals surface area contributed by atoms with Gasteiger partial charge in [0.05, 0.1) is 11.7 Å². The highest BCUT2D eigenvalue weighted by molar-refractivity contribution is 7.13. The quantitative estimate of drug-likeness (QED) is 0.478. The van der Waals surface area contributed by atoms with Crippen LogP contribution in [0.3, 0.4) is 0 Å². The maximum Gasteiger partial charge on any atom is 0.254 e. The molecule has 1 aromatic carbocycles. The molecule has 7 nitrogen and oxygen atoms in total. The fourth-order valence-electron chi connectivity index (χ4n) is 4.13. The maximum atomic E-state index is 13.7. The van der Waals surface area contributed by atoms with Gasteiger partial charge in [0, 0.05) is 29.4 Å². The SMILES string of the molecule is Cc1csc(-c2cc(C(=O)N3CCCC[C@H]3c3cccnc3)cc(-n3cnnn3)c2)c1. The van der Waals surface area contributed by atoms with Crippen LogP contribution in [0.4, 0.5) is 0 Å². The molecule has 0 saturated carbocycles. The first kappa shape index (κ1) is 19.6. The number of likely N-dealkylation sites (tertiary alicyclic amines) is 1. The van der Waals surface area contributed by atoms with Crippen LogP contribution in [0.1, 0.15) is 46.8 Å². The number of aryl methyl sites for hydroxylation is 1. The van der Waals surface area contributed by atoms with E-state index in [9.17, 15) is 4.79 Å². The van der Waals surface area contributed by atoms with Crippen molar-refractivity contribution in [1.29, 1.82) is 0 Å². The maximum absolute atomic E-state index is 13.7. The molecule has 1 fully saturated rings. The van der Waals surface area contributed by atoms with Gasteiger partial charge in [0.25, 0.3) is 5.91 Å². The summed E-state index contributed by atoms with van der Waals surface area (Å²) in [6.45, 7) is 2.81. The molecule has 1 aliphatic heterocycles. The van der Waals surface area contributed by atoms with Gasteiger partial charge in [-0.2, -0.15) is 0 Å². The van der Waals surface area contributed by atoms with Crippen molar-refractivity contribution in [2.24, 2.45) is 0 Å². The van der Waals surface area contributed by atoms with Gasteiger partial charge in [-0.05, 0) is 89.0 Å². The van der Waals surface area contributed by atoms with E-state index in [1.807, 2.05) is 35.4 Å². The van der Waals surface area contributed by atoms with Crippen molar-refractivity contribution in [2.75, 3.05) is 6.54 Å². The highest BCUT2D eigenvalue weighted by Gasteiger charge is 2.29. The lowest BCUT2D eigenvalue weighted by Crippen LogP contribution is -2.38. The standard InChI is InChI=1S/C23H22N6OS/c1-16-9-22(31-14-16)18-10-19(12-20(11-18)29-15-25-26-27-29)23(30)28-8-3-2-6-21(28)17-5-4-7-24-13-17/h4-5,7,9-15,21H,2-3,6,8H2,1H3/t21-/m0/s1. The lowest BCUT2D eigenvalue weighted by molar-refractivity contribution is 0.0611. The molecule has 5 rings (SSSR count). The van der Waals surface area contributed by atoms with Crippen LogP contribution in [0.2, 0.25) is 0 Å². The van der Waals surface area contributed by atoms with Crippen LogP contribution in [0.15, 0.2) is 60.5 Å². The van der Waals surface area contributed by atoms with E-state index >= 15 is 0 Å². The average Bonchev–Trinajstić information content (AvgIpc) is 3.51. The molecule has 1 amide bonds. The largest absolute Gasteiger partial charge is 0.332 e. The molecule has 0 unspecified atom stereocenters. The van der Waals surface area contributed by atoms with Gasteiger partial charge in [-0.3, -0.25) is 9.78 Å². The summed E-state index contributed by atoms with van der Waals surface area (Å²) in [5.41, 5.74) is 4.69. The fraction of sp³-hybridized carbons (Fsp3) is 0.261. The molecular weight excluding hydrogens is 408 g/mol. The summed E-state index contributed by atoms with van der Waals surface area (Å²) in [6, 6.07) is 12.0. The van der Waals surface area contributed by atoms with Gasteiger partial charge in [-0.1, -0.05) is 6.07 Å². The van der Waals surface area contributed by atoms with Crippen LogP contribution in [0.5, 0.6) is 0 Å². The summed E-state index contributed by atoms with van der Waals surface area (Å²) in [7, 11) is 0. The Balaban J connectivity index is 1.56. The van der Waals surface area contributed by atoms with E-state index in [2.05, 4.69) is 44.9 Å². The molecule has 0 spiro atoms. The number of tetrazole rings is 1. The second kappa shape index (κ2) is 8.39. The summed E-state index contributed by atoms with van der Waals surface area (Å²) in [4.78, 5) is 21.1. The van der Waals surface area contributed by atoms with Gasteiger partial charge < -0.3 is 4.90 Å². The zero-order valence-corrected chi connectivity index (χ0v) is 18.0. The minimum Gasteiger partial charge on any atom is -0.332 e. The van der Waals surface area contributed by atoms with Crippen LogP contribution < -0.4 is 0 Å². The van der Waals surface area contributed by atoms with Gasteiger partial charge in [0.1, 0.15) is 6.33 Å². The number of amides is 1. The number of rotatable bonds is 4. The van der Waals surface area contributed by atoms with Crippen molar-refractivity contribution < 1.29 is 4.79 Å². The number of aromatic nitrogens is 5. The van der Waals surface area contributed by atoms with E-state index in [1.165, 1.54) is 5.56 Å². The minimum atomic E-state index is 0.0259. The Labute approximate surface area is 184 Å². The molecule has 4 heterocycles. The molecule has 1 aliphatic rings. The van der Waals surface area contributed by atoms with Crippen LogP contribution in [0.25, 0.3) is 16.1 Å². The van der Waals surface area contributed by atoms with E-state index in [4.69, 9.17) is 0 Å². The molecule has 0 radical (unpaired) electrons. The molecule has 1 saturated heterocycles. The predicted molar refractivity (Wildman–Crippen MR) is 119 cm³/mol. The molecule has 3 aromatic heterocycles. The van der Waals surface area contributed by atoms with Crippen molar-refractivity contribution >= 4 is 17.2 Å². The summed E-state index contributed by atoms with van der Waals surface area (Å²) in [5.74, 6) is 0.0259. The Kier molecular flexibility index (Phi) is 5.30. The lowest BCUT2D eigenvalue weighted by atomic mass is 9.95. The summed E-state index contributed by atoms with van der Waals surface area (Å²) in [6.07, 6.45) is 8.24. The first-order valence-corrected chi connectivity index (χ1v) is 11.2. The van der Waals surface area contributed by atoms with Crippen LogP contribution in [-0.4, -0.2) is 42.5 Å². The molecule has 4 aromatic rings. The highest BCUT2D eigenvalue weighted by atomic mass is 32.1. The first-order chi connectivity index (χ1) is 15.2. The van der Waals surface area contributed by atoms with E-state index < -0.39 is 0 Å². The number of carbonyl (C=O) groups excluding carboxylic acids is 1. The van der Waals surface area contributed by atoms with Crippen LogP contribution in [0, 0.1) is 6.92 Å². The van der Waals surface area contributed by atoms with E-state index in [-0.39, 0.29) is 11.9 Å². The van der Waals surface area contributed by atoms with Crippen LogP contribution >= 0.6 is 11.3 Å². The number of benzene rings is 1. The van der Waals surface area contributed by atoms with Gasteiger partial charge in [-0.25, -0.2) is 4.68 Å². The van der Waals surface area contributed by atoms with Gasteiger partial charge >= 0.3 is 0 Å². The Bertz CT molecular complexity index is 1190. The van der Waals surface area contributed by atoms with Crippen molar-refractivity contribution in [3.05, 3.63) is 77.2 Å². The lowest BCUT2D eigenvalue weighted by Gasteiger charge is -2.36. The highest BCUT2D eigenvalue weighted by Crippen LogP contribution is 2.34. The molecule has 31 heavy (non-hydrogen) atoms. The van der Waals surface area contributed by atoms with Gasteiger partial charge in [0.2, 0.25) is 0 Å². The molecule has 156 valence electrons. The summed E-state index contributed by atoms with van der Waals surface area (Å²) < 4.78 is 1.59. The van der Waals surface area contributed by atoms with Crippen molar-refractivity contribution in [3.8, 4) is 16.1 Å². The van der Waals surface area contributed by atoms with Crippen molar-refractivity contribution in [1.82, 2.24) is 30.1 Å². The Morgan fingerprint density at radius 3 is 2.87 bits per heavy atom. The average molecular weight is 431 g/mol. The minimum absolute atomic E-state index is 0.0259. The topological polar surface area (TPSA) is 76.8 Å². The van der Waals surface area contributed by atoms with Crippen molar-refractivity contribution in [3.63, 3.8) is 0 Å². The number of nitrogens with zero attached hydrogens (tertiary/aromatic N) is 6. The molecule has 0 aliphatic carbocycles. The molecule has 1 atom stereocenters. The van der Waals surface area contributed by atoms with Gasteiger partial charge in [0.15, 0.2) is 0 Å². The Morgan fingerprint density at radius 1 is 1.19 bits per heavy atom. The number of piperidine rings is 1. The monoisotopic (exact) mass is 430 g/mol. The number of hydrogen-bond donors (Lipinski definition) is 0. The predicted octanol–water partition coefficient (Wildman–Crippen LogP) is 4.46. The van der Waals surface area contributed by atoms with E-state index in [0.717, 1.165) is 47.5 Å². The third-order valence-corrected chi connectivity index (χ3v) is 6.72. The zero-order chi connectivity index (χ0) is 21.2. The number of hydrogen-bond acceptors (Lipinski definition) is 6. The van der Waals surface area contributed by atoms with E-state index in [1.54, 1.807) is 28.5 Å². The number of thiophene rings is 1. The number of pyridine rings is 1. The molecule has 0 N–H and O–H groups in total. The van der Waals surface area contributed by atoms with Gasteiger partial charge in [-0.15, -0.1) is 16.4 Å². The van der Waals surface area contributed by atoms with Crippen molar-refractivity contribution in [2.45, 2.75) is 32.2 Å². The fourth-order valence-corrected chi connectivity index (χ4v) is 5.02. The second-order valence-electron chi connectivity index (χ2n) is 7.81. The number of carbonyl (C=O) groups is 1. The summed E-state index contributed by atoms with van der Waals surface area (Å²) in [5, 5.41) is 13.7.